The smallest absolute Gasteiger partial charge is 0.275 e. The highest BCUT2D eigenvalue weighted by Gasteiger charge is 2.40. The first-order chi connectivity index (χ1) is 18.7. The molecular formula is C29H26ClF2N3O4. The molecule has 0 aliphatic carbocycles. The highest BCUT2D eigenvalue weighted by Crippen LogP contribution is 2.35. The Labute approximate surface area is 228 Å². The Balaban J connectivity index is 1.56. The molecule has 0 saturated heterocycles. The van der Waals surface area contributed by atoms with Gasteiger partial charge in [0.1, 0.15) is 28.8 Å². The first-order valence-electron chi connectivity index (χ1n) is 12.5. The molecule has 2 bridgehead atoms. The molecule has 0 fully saturated rings. The molecule has 3 atom stereocenters. The van der Waals surface area contributed by atoms with Gasteiger partial charge in [-0.05, 0) is 24.5 Å². The number of hydrogen-bond acceptors (Lipinski definition) is 4. The summed E-state index contributed by atoms with van der Waals surface area (Å²) in [6, 6.07) is 10.9. The first kappa shape index (κ1) is 26.6. The number of aromatic nitrogens is 1. The van der Waals surface area contributed by atoms with Crippen LogP contribution in [0.1, 0.15) is 51.9 Å². The van der Waals surface area contributed by atoms with Crippen LogP contribution < -0.4 is 15.5 Å². The summed E-state index contributed by atoms with van der Waals surface area (Å²) in [5.74, 6) is -3.31. The quantitative estimate of drug-likeness (QED) is 0.348. The van der Waals surface area contributed by atoms with Gasteiger partial charge in [0.2, 0.25) is 5.43 Å². The van der Waals surface area contributed by atoms with Gasteiger partial charge in [0.15, 0.2) is 11.4 Å². The summed E-state index contributed by atoms with van der Waals surface area (Å²) in [4.78, 5) is 42.2. The van der Waals surface area contributed by atoms with E-state index >= 15 is 0 Å². The number of nitrogens with zero attached hydrogens (tertiary/aromatic N) is 2. The lowest BCUT2D eigenvalue weighted by Gasteiger charge is -2.39. The first-order valence-corrected chi connectivity index (χ1v) is 12.9. The summed E-state index contributed by atoms with van der Waals surface area (Å²) in [5, 5.41) is 1.83. The maximum atomic E-state index is 14.4. The maximum Gasteiger partial charge on any atom is 0.275 e. The molecule has 0 radical (unpaired) electrons. The predicted molar refractivity (Wildman–Crippen MR) is 142 cm³/mol. The standard InChI is InChI=1S/C29H26ClF2N3O4/c1-16-8-9-17(2)34-14-22(16)35-13-20(28(37)33-12-19-10-11-21(31)23(30)24(19)32)26(36)27(25(35)29(34)38)39-15-18-6-4-3-5-7-18/h3-11,13,16-17,22H,12,14-15H2,1-2H3,(H,33,37)/t16-,17+,22-/m1/s1. The molecule has 202 valence electrons. The zero-order valence-electron chi connectivity index (χ0n) is 21.3. The molecule has 2 amide bonds. The van der Waals surface area contributed by atoms with Crippen LogP contribution in [0.5, 0.6) is 5.75 Å². The van der Waals surface area contributed by atoms with Crippen molar-refractivity contribution >= 4 is 23.4 Å². The molecule has 2 aliphatic rings. The van der Waals surface area contributed by atoms with Crippen molar-refractivity contribution < 1.29 is 23.1 Å². The van der Waals surface area contributed by atoms with Gasteiger partial charge >= 0.3 is 0 Å². The molecule has 2 aliphatic heterocycles. The predicted octanol–water partition coefficient (Wildman–Crippen LogP) is 4.88. The van der Waals surface area contributed by atoms with Crippen LogP contribution in [0.15, 0.2) is 65.6 Å². The van der Waals surface area contributed by atoms with Gasteiger partial charge in [0, 0.05) is 30.9 Å². The van der Waals surface area contributed by atoms with Crippen molar-refractivity contribution in [2.45, 2.75) is 39.1 Å². The lowest BCUT2D eigenvalue weighted by molar-refractivity contribution is 0.0608. The summed E-state index contributed by atoms with van der Waals surface area (Å²) in [6.45, 7) is 3.97. The number of hydrogen-bond donors (Lipinski definition) is 1. The van der Waals surface area contributed by atoms with Gasteiger partial charge < -0.3 is 19.5 Å². The molecule has 7 nitrogen and oxygen atoms in total. The SMILES string of the molecule is C[C@@H]1C=C[C@H](C)N2C[C@H]1n1cc(C(=O)NCc3ccc(F)c(Cl)c3F)c(=O)c(OCc3ccccc3)c1C2=O. The van der Waals surface area contributed by atoms with E-state index in [1.54, 1.807) is 9.47 Å². The Morgan fingerprint density at radius 2 is 1.85 bits per heavy atom. The van der Waals surface area contributed by atoms with Gasteiger partial charge in [0.25, 0.3) is 11.8 Å². The minimum absolute atomic E-state index is 0.00868. The second kappa shape index (κ2) is 10.6. The second-order valence-corrected chi connectivity index (χ2v) is 10.1. The van der Waals surface area contributed by atoms with E-state index in [2.05, 4.69) is 5.32 Å². The van der Waals surface area contributed by atoms with E-state index in [-0.39, 0.29) is 59.6 Å². The van der Waals surface area contributed by atoms with E-state index in [1.807, 2.05) is 56.3 Å². The number of carbonyl (C=O) groups excluding carboxylic acids is 2. The highest BCUT2D eigenvalue weighted by molar-refractivity contribution is 6.30. The summed E-state index contributed by atoms with van der Waals surface area (Å²) < 4.78 is 35.5. The summed E-state index contributed by atoms with van der Waals surface area (Å²) in [7, 11) is 0. The van der Waals surface area contributed by atoms with Crippen LogP contribution in [-0.4, -0.2) is 33.9 Å². The Morgan fingerprint density at radius 1 is 1.10 bits per heavy atom. The number of amides is 2. The fourth-order valence-corrected chi connectivity index (χ4v) is 5.11. The number of nitrogens with one attached hydrogen (secondary N) is 1. The van der Waals surface area contributed by atoms with Crippen molar-refractivity contribution in [3.63, 3.8) is 0 Å². The van der Waals surface area contributed by atoms with Crippen LogP contribution in [0.3, 0.4) is 0 Å². The highest BCUT2D eigenvalue weighted by atomic mass is 35.5. The second-order valence-electron chi connectivity index (χ2n) is 9.76. The van der Waals surface area contributed by atoms with Gasteiger partial charge in [-0.25, -0.2) is 8.78 Å². The van der Waals surface area contributed by atoms with Gasteiger partial charge in [-0.1, -0.05) is 67.1 Å². The summed E-state index contributed by atoms with van der Waals surface area (Å²) >= 11 is 5.65. The van der Waals surface area contributed by atoms with Crippen LogP contribution in [-0.2, 0) is 13.2 Å². The zero-order valence-corrected chi connectivity index (χ0v) is 22.0. The van der Waals surface area contributed by atoms with Crippen LogP contribution in [0.2, 0.25) is 5.02 Å². The topological polar surface area (TPSA) is 80.6 Å². The molecule has 0 saturated carbocycles. The largest absolute Gasteiger partial charge is 0.483 e. The normalized spacial score (nSPS) is 19.9. The number of allylic oxidation sites excluding steroid dienone is 1. The molecule has 1 N–H and O–H groups in total. The van der Waals surface area contributed by atoms with Crippen molar-refractivity contribution in [1.82, 2.24) is 14.8 Å². The molecule has 2 aromatic carbocycles. The molecule has 3 aromatic rings. The van der Waals surface area contributed by atoms with E-state index in [0.29, 0.717) is 6.54 Å². The monoisotopic (exact) mass is 553 g/mol. The summed E-state index contributed by atoms with van der Waals surface area (Å²) in [5.41, 5.74) is -0.198. The molecule has 1 aromatic heterocycles. The third-order valence-corrected chi connectivity index (χ3v) is 7.56. The van der Waals surface area contributed by atoms with Gasteiger partial charge in [-0.3, -0.25) is 14.4 Å². The van der Waals surface area contributed by atoms with Crippen molar-refractivity contribution in [2.75, 3.05) is 6.54 Å². The van der Waals surface area contributed by atoms with Crippen LogP contribution in [0.4, 0.5) is 8.78 Å². The number of ether oxygens (including phenoxy) is 1. The van der Waals surface area contributed by atoms with Crippen LogP contribution >= 0.6 is 11.6 Å². The average molecular weight is 554 g/mol. The minimum atomic E-state index is -0.995. The van der Waals surface area contributed by atoms with Crippen molar-refractivity contribution in [1.29, 1.82) is 0 Å². The lowest BCUT2D eigenvalue weighted by atomic mass is 9.98. The number of rotatable bonds is 6. The Kier molecular flexibility index (Phi) is 7.27. The molecule has 39 heavy (non-hydrogen) atoms. The molecule has 10 heteroatoms. The number of fused-ring (bicyclic) bond motifs is 4. The van der Waals surface area contributed by atoms with E-state index < -0.39 is 28.0 Å². The number of pyridine rings is 1. The third kappa shape index (κ3) is 4.94. The van der Waals surface area contributed by atoms with Crippen LogP contribution in [0.25, 0.3) is 0 Å². The fraction of sp³-hybridized carbons (Fsp3) is 0.276. The third-order valence-electron chi connectivity index (χ3n) is 7.21. The van der Waals surface area contributed by atoms with Gasteiger partial charge in [0.05, 0.1) is 6.04 Å². The molecule has 3 heterocycles. The van der Waals surface area contributed by atoms with Crippen LogP contribution in [0, 0.1) is 17.6 Å². The van der Waals surface area contributed by atoms with Gasteiger partial charge in [-0.2, -0.15) is 0 Å². The van der Waals surface area contributed by atoms with E-state index in [1.165, 1.54) is 12.3 Å². The van der Waals surface area contributed by atoms with E-state index in [4.69, 9.17) is 16.3 Å². The molecule has 0 unspecified atom stereocenters. The van der Waals surface area contributed by atoms with E-state index in [9.17, 15) is 23.2 Å². The Hall–Kier alpha value is -3.98. The lowest BCUT2D eigenvalue weighted by Crippen LogP contribution is -2.48. The Morgan fingerprint density at radius 3 is 2.59 bits per heavy atom. The van der Waals surface area contributed by atoms with Crippen molar-refractivity contribution in [3.05, 3.63) is 110 Å². The average Bonchev–Trinajstić information content (AvgIpc) is 3.06. The van der Waals surface area contributed by atoms with E-state index in [0.717, 1.165) is 11.6 Å². The molecule has 0 spiro atoms. The summed E-state index contributed by atoms with van der Waals surface area (Å²) in [6.07, 6.45) is 5.34. The number of carbonyl (C=O) groups is 2. The minimum Gasteiger partial charge on any atom is -0.483 e. The Bertz CT molecular complexity index is 1540. The number of benzene rings is 2. The molecule has 5 rings (SSSR count). The van der Waals surface area contributed by atoms with Crippen molar-refractivity contribution in [3.8, 4) is 5.75 Å². The van der Waals surface area contributed by atoms with Crippen molar-refractivity contribution in [2.24, 2.45) is 5.92 Å². The fourth-order valence-electron chi connectivity index (χ4n) is 4.92. The molecular weight excluding hydrogens is 528 g/mol. The number of halogens is 3. The zero-order chi connectivity index (χ0) is 27.8. The van der Waals surface area contributed by atoms with Gasteiger partial charge in [-0.15, -0.1) is 0 Å². The maximum absolute atomic E-state index is 14.4.